The number of nitrogens with zero attached hydrogens (tertiary/aromatic N) is 1. The number of aryl methyl sites for hydroxylation is 2. The zero-order chi connectivity index (χ0) is 27.1. The first kappa shape index (κ1) is 27.2. The average Bonchev–Trinajstić information content (AvgIpc) is 2.90. The Kier molecular flexibility index (Phi) is 9.02. The number of halogens is 4. The first-order valence-electron chi connectivity index (χ1n) is 12.9. The largest absolute Gasteiger partial charge is 0.493 e. The summed E-state index contributed by atoms with van der Waals surface area (Å²) in [5, 5.41) is 9.71. The highest BCUT2D eigenvalue weighted by Gasteiger charge is 2.16. The number of rotatable bonds is 11. The molecule has 0 N–H and O–H groups in total. The van der Waals surface area contributed by atoms with Gasteiger partial charge in [-0.25, -0.2) is 17.6 Å². The SMILES string of the molecule is CCCCCCCOc1cc(F)c(-c2ccc3c(F)c(CCc4ccc(C#N)c(F)c4)ccc3c2)c(F)c1. The second-order valence-electron chi connectivity index (χ2n) is 9.43. The summed E-state index contributed by atoms with van der Waals surface area (Å²) >= 11 is 0. The fourth-order valence-electron chi connectivity index (χ4n) is 4.57. The summed E-state index contributed by atoms with van der Waals surface area (Å²) in [5.74, 6) is -2.35. The van der Waals surface area contributed by atoms with Crippen LogP contribution < -0.4 is 4.74 Å². The topological polar surface area (TPSA) is 33.0 Å². The van der Waals surface area contributed by atoms with Crippen LogP contribution in [0.2, 0.25) is 0 Å². The van der Waals surface area contributed by atoms with Crippen LogP contribution in [0, 0.1) is 34.6 Å². The van der Waals surface area contributed by atoms with Crippen LogP contribution in [0.15, 0.2) is 60.7 Å². The van der Waals surface area contributed by atoms with E-state index < -0.39 is 23.3 Å². The maximum atomic E-state index is 15.2. The lowest BCUT2D eigenvalue weighted by Gasteiger charge is -2.12. The van der Waals surface area contributed by atoms with Crippen LogP contribution in [-0.2, 0) is 12.8 Å². The van der Waals surface area contributed by atoms with Gasteiger partial charge in [0.25, 0.3) is 0 Å². The van der Waals surface area contributed by atoms with E-state index in [2.05, 4.69) is 6.92 Å². The van der Waals surface area contributed by atoms with Gasteiger partial charge in [0, 0.05) is 17.5 Å². The van der Waals surface area contributed by atoms with Crippen molar-refractivity contribution in [2.24, 2.45) is 0 Å². The molecular formula is C32H29F4NO. The normalized spacial score (nSPS) is 11.1. The number of fused-ring (bicyclic) bond motifs is 1. The zero-order valence-electron chi connectivity index (χ0n) is 21.3. The predicted molar refractivity (Wildman–Crippen MR) is 142 cm³/mol. The molecular weight excluding hydrogens is 490 g/mol. The lowest BCUT2D eigenvalue weighted by atomic mass is 9.96. The van der Waals surface area contributed by atoms with Gasteiger partial charge in [0.2, 0.25) is 0 Å². The van der Waals surface area contributed by atoms with Crippen LogP contribution >= 0.6 is 0 Å². The molecule has 2 nitrogen and oxygen atoms in total. The first-order chi connectivity index (χ1) is 18.4. The van der Waals surface area contributed by atoms with E-state index in [4.69, 9.17) is 10.00 Å². The molecule has 0 amide bonds. The highest BCUT2D eigenvalue weighted by molar-refractivity contribution is 5.88. The maximum absolute atomic E-state index is 15.2. The molecule has 0 aliphatic rings. The van der Waals surface area contributed by atoms with Gasteiger partial charge in [-0.3, -0.25) is 0 Å². The summed E-state index contributed by atoms with van der Waals surface area (Å²) in [5.41, 5.74) is 1.19. The van der Waals surface area contributed by atoms with Gasteiger partial charge in [0.15, 0.2) is 0 Å². The number of unbranched alkanes of at least 4 members (excludes halogenated alkanes) is 4. The molecule has 0 heterocycles. The molecule has 0 bridgehead atoms. The van der Waals surface area contributed by atoms with Crippen molar-refractivity contribution in [3.63, 3.8) is 0 Å². The van der Waals surface area contributed by atoms with E-state index in [0.717, 1.165) is 32.1 Å². The average molecular weight is 520 g/mol. The van der Waals surface area contributed by atoms with Crippen molar-refractivity contribution in [1.29, 1.82) is 5.26 Å². The minimum atomic E-state index is -0.739. The van der Waals surface area contributed by atoms with E-state index in [0.29, 0.717) is 46.9 Å². The Bertz CT molecular complexity index is 1450. The van der Waals surface area contributed by atoms with Gasteiger partial charge in [-0.05, 0) is 59.5 Å². The summed E-state index contributed by atoms with van der Waals surface area (Å²) in [4.78, 5) is 0. The fourth-order valence-corrected chi connectivity index (χ4v) is 4.57. The molecule has 196 valence electrons. The number of ether oxygens (including phenoxy) is 1. The second kappa shape index (κ2) is 12.6. The van der Waals surface area contributed by atoms with Crippen LogP contribution in [0.4, 0.5) is 17.6 Å². The smallest absolute Gasteiger partial charge is 0.141 e. The summed E-state index contributed by atoms with van der Waals surface area (Å²) in [7, 11) is 0. The minimum absolute atomic E-state index is 0.0331. The van der Waals surface area contributed by atoms with Crippen molar-refractivity contribution < 1.29 is 22.3 Å². The van der Waals surface area contributed by atoms with E-state index in [9.17, 15) is 13.2 Å². The monoisotopic (exact) mass is 519 g/mol. The number of benzene rings is 4. The molecule has 0 spiro atoms. The Labute approximate surface area is 220 Å². The van der Waals surface area contributed by atoms with E-state index in [-0.39, 0.29) is 16.9 Å². The number of hydrogen-bond donors (Lipinski definition) is 0. The summed E-state index contributed by atoms with van der Waals surface area (Å²) in [6.45, 7) is 2.54. The molecule has 4 aromatic carbocycles. The van der Waals surface area contributed by atoms with Gasteiger partial charge < -0.3 is 4.74 Å². The van der Waals surface area contributed by atoms with Crippen molar-refractivity contribution in [2.45, 2.75) is 51.9 Å². The van der Waals surface area contributed by atoms with E-state index in [1.54, 1.807) is 30.3 Å². The molecule has 0 aromatic heterocycles. The molecule has 0 saturated carbocycles. The summed E-state index contributed by atoms with van der Waals surface area (Å²) in [6.07, 6.45) is 5.99. The molecule has 38 heavy (non-hydrogen) atoms. The number of hydrogen-bond acceptors (Lipinski definition) is 2. The summed E-state index contributed by atoms with van der Waals surface area (Å²) in [6, 6.07) is 16.4. The van der Waals surface area contributed by atoms with Crippen LogP contribution in [-0.4, -0.2) is 6.61 Å². The molecule has 0 atom stereocenters. The van der Waals surface area contributed by atoms with Crippen molar-refractivity contribution in [3.8, 4) is 22.9 Å². The summed E-state index contributed by atoms with van der Waals surface area (Å²) < 4.78 is 64.5. The van der Waals surface area contributed by atoms with E-state index >= 15 is 4.39 Å². The maximum Gasteiger partial charge on any atom is 0.141 e. The number of nitriles is 1. The molecule has 0 aliphatic heterocycles. The standard InChI is InChI=1S/C32H29F4NO/c1-2-3-4-5-6-15-38-26-18-29(34)31(30(35)19-26)24-13-14-27-23(17-24)12-11-22(32(27)36)9-7-21-8-10-25(20-37)28(33)16-21/h8,10-14,16-19H,2-7,9,15H2,1H3. The third-order valence-corrected chi connectivity index (χ3v) is 6.69. The van der Waals surface area contributed by atoms with Crippen molar-refractivity contribution in [3.05, 3.63) is 101 Å². The second-order valence-corrected chi connectivity index (χ2v) is 9.43. The van der Waals surface area contributed by atoms with E-state index in [1.807, 2.05) is 0 Å². The van der Waals surface area contributed by atoms with Gasteiger partial charge in [-0.2, -0.15) is 5.26 Å². The van der Waals surface area contributed by atoms with Crippen LogP contribution in [0.5, 0.6) is 5.75 Å². The third kappa shape index (κ3) is 6.34. The van der Waals surface area contributed by atoms with Crippen LogP contribution in [0.3, 0.4) is 0 Å². The Morgan fingerprint density at radius 1 is 0.763 bits per heavy atom. The van der Waals surface area contributed by atoms with Crippen molar-refractivity contribution in [1.82, 2.24) is 0 Å². The van der Waals surface area contributed by atoms with Gasteiger partial charge in [0.05, 0.1) is 17.7 Å². The highest BCUT2D eigenvalue weighted by Crippen LogP contribution is 2.33. The zero-order valence-corrected chi connectivity index (χ0v) is 21.3. The third-order valence-electron chi connectivity index (χ3n) is 6.69. The molecule has 0 fully saturated rings. The van der Waals surface area contributed by atoms with Crippen LogP contribution in [0.1, 0.15) is 55.7 Å². The van der Waals surface area contributed by atoms with Crippen molar-refractivity contribution in [2.75, 3.05) is 6.61 Å². The lowest BCUT2D eigenvalue weighted by molar-refractivity contribution is 0.301. The quantitative estimate of drug-likeness (QED) is 0.146. The molecule has 0 saturated heterocycles. The molecule has 4 rings (SSSR count). The minimum Gasteiger partial charge on any atom is -0.493 e. The lowest BCUT2D eigenvalue weighted by Crippen LogP contribution is -2.00. The van der Waals surface area contributed by atoms with Crippen LogP contribution in [0.25, 0.3) is 21.9 Å². The van der Waals surface area contributed by atoms with Gasteiger partial charge >= 0.3 is 0 Å². The molecule has 4 aromatic rings. The van der Waals surface area contributed by atoms with Gasteiger partial charge in [0.1, 0.15) is 35.1 Å². The molecule has 0 unspecified atom stereocenters. The molecule has 0 radical (unpaired) electrons. The molecule has 6 heteroatoms. The Morgan fingerprint density at radius 2 is 1.53 bits per heavy atom. The Hall–Kier alpha value is -3.85. The molecule has 0 aliphatic carbocycles. The van der Waals surface area contributed by atoms with E-state index in [1.165, 1.54) is 36.4 Å². The van der Waals surface area contributed by atoms with Crippen molar-refractivity contribution >= 4 is 10.8 Å². The van der Waals surface area contributed by atoms with Gasteiger partial charge in [-0.15, -0.1) is 0 Å². The Balaban J connectivity index is 1.49. The highest BCUT2D eigenvalue weighted by atomic mass is 19.1. The predicted octanol–water partition coefficient (Wildman–Crippen LogP) is 9.07. The Morgan fingerprint density at radius 3 is 2.24 bits per heavy atom. The first-order valence-corrected chi connectivity index (χ1v) is 12.9. The fraction of sp³-hybridized carbons (Fsp3) is 0.281. The van der Waals surface area contributed by atoms with Gasteiger partial charge in [-0.1, -0.05) is 62.9 Å².